The second-order valence-corrected chi connectivity index (χ2v) is 20.1. The van der Waals surface area contributed by atoms with Gasteiger partial charge >= 0.3 is 17.9 Å². The van der Waals surface area contributed by atoms with Gasteiger partial charge in [0.05, 0.1) is 53.1 Å². The van der Waals surface area contributed by atoms with Crippen molar-refractivity contribution in [3.8, 4) is 11.5 Å². The molecule has 0 amide bonds. The summed E-state index contributed by atoms with van der Waals surface area (Å²) in [4.78, 5) is 40.6. The van der Waals surface area contributed by atoms with Crippen molar-refractivity contribution in [2.75, 3.05) is 13.7 Å². The second-order valence-electron chi connectivity index (χ2n) is 19.4. The van der Waals surface area contributed by atoms with Crippen LogP contribution in [0.2, 0.25) is 10.0 Å². The van der Waals surface area contributed by atoms with Crippen LogP contribution in [0, 0.1) is 11.8 Å². The summed E-state index contributed by atoms with van der Waals surface area (Å²) >= 11 is 12.3. The van der Waals surface area contributed by atoms with Gasteiger partial charge in [0.2, 0.25) is 0 Å². The molecule has 72 heavy (non-hydrogen) atoms. The van der Waals surface area contributed by atoms with E-state index in [2.05, 4.69) is 0 Å². The molecule has 4 rings (SSSR count). The van der Waals surface area contributed by atoms with Crippen molar-refractivity contribution in [1.82, 2.24) is 0 Å². The number of phenolic OH excluding ortho intramolecular Hbond substituents is 2. The highest BCUT2D eigenvalue weighted by Crippen LogP contribution is 2.45. The third-order valence-corrected chi connectivity index (χ3v) is 13.8. The van der Waals surface area contributed by atoms with E-state index in [-0.39, 0.29) is 35.4 Å². The number of aliphatic hydroxyl groups excluding tert-OH is 5. The first-order chi connectivity index (χ1) is 33.7. The lowest BCUT2D eigenvalue weighted by Crippen LogP contribution is -2.64. The summed E-state index contributed by atoms with van der Waals surface area (Å²) in [5, 5.41) is 76.0. The number of aromatic hydroxyl groups is 2. The van der Waals surface area contributed by atoms with Crippen molar-refractivity contribution in [2.45, 2.75) is 187 Å². The zero-order valence-electron chi connectivity index (χ0n) is 43.0. The maximum atomic E-state index is 14.0. The van der Waals surface area contributed by atoms with Gasteiger partial charge in [-0.3, -0.25) is 4.79 Å². The number of phenols is 2. The molecule has 0 aromatic heterocycles. The first-order valence-electron chi connectivity index (χ1n) is 24.2. The molecule has 0 bridgehead atoms. The lowest BCUT2D eigenvalue weighted by molar-refractivity contribution is -0.333. The predicted octanol–water partition coefficient (Wildman–Crippen LogP) is 6.23. The van der Waals surface area contributed by atoms with Crippen LogP contribution in [0.5, 0.6) is 11.5 Å². The van der Waals surface area contributed by atoms with E-state index in [4.69, 9.17) is 61.1 Å². The number of benzene rings is 1. The Kier molecular flexibility index (Phi) is 22.4. The molecule has 0 radical (unpaired) electrons. The lowest BCUT2D eigenvalue weighted by Gasteiger charge is -2.47. The van der Waals surface area contributed by atoms with Crippen molar-refractivity contribution in [3.05, 3.63) is 79.9 Å². The molecule has 0 spiro atoms. The van der Waals surface area contributed by atoms with E-state index >= 15 is 0 Å². The SMILES string of the molecule is CCc1c(Cl)c(O)c(Cl)c(O)c1C(=O)O[C@H]1[C@@H](O)[C@H](C)O[C@@H](OCC2=CC=CC[C@@H](O)C(C)=C[C@H](CC)[C@@H](O[C@@H]3OC(C)(C)[C@H](O)[C@H](O)[C@@H]3OC(=O)C(C)C)C(C)=CC(C)=CC[C@@H]([C@H](C)O)OC2=O)[C@H]1OC. The normalized spacial score (nSPS) is 31.5. The quantitative estimate of drug-likeness (QED) is 0.0655. The largest absolute Gasteiger partial charge is 0.505 e. The first-order valence-corrected chi connectivity index (χ1v) is 24.9. The summed E-state index contributed by atoms with van der Waals surface area (Å²) < 4.78 is 48.0. The standard InChI is InChI=1S/C52H74Cl2O18/c1-13-30-22-26(6)33(56)18-16-15-17-31(23-66-50-45(65-12)43(38(57)29(9)67-50)69-49(64)35-32(14-2)36(53)40(59)37(54)39(35)58)48(63)68-34(28(8)55)20-19-25(5)21-27(7)42(30)71-51-44(70-47(62)24(3)4)41(60)46(61)52(10,11)72-51/h15-17,19,21-22,24,28-30,33-34,38,41-46,50-51,55-61H,13-14,18,20,23H2,1-12H3/t28-,29-,30-,33+,34-,38-,41+,42-,43-,44-,45-,46+,50+,51+/m0/s1. The van der Waals surface area contributed by atoms with E-state index in [0.717, 1.165) is 0 Å². The minimum Gasteiger partial charge on any atom is -0.505 e. The van der Waals surface area contributed by atoms with Crippen LogP contribution < -0.4 is 0 Å². The molecule has 2 fully saturated rings. The number of carbonyl (C=O) groups is 3. The molecule has 0 aliphatic carbocycles. The summed E-state index contributed by atoms with van der Waals surface area (Å²) in [5.74, 6) is -5.00. The lowest BCUT2D eigenvalue weighted by atomic mass is 9.88. The number of hydrogen-bond acceptors (Lipinski definition) is 18. The number of rotatable bonds is 13. The van der Waals surface area contributed by atoms with E-state index < -0.39 is 144 Å². The van der Waals surface area contributed by atoms with Gasteiger partial charge < -0.3 is 73.6 Å². The topological polar surface area (TPSA) is 267 Å². The maximum absolute atomic E-state index is 14.0. The summed E-state index contributed by atoms with van der Waals surface area (Å²) in [7, 11) is 1.26. The molecule has 14 atom stereocenters. The fourth-order valence-corrected chi connectivity index (χ4v) is 9.04. The van der Waals surface area contributed by atoms with Gasteiger partial charge in [0.15, 0.2) is 36.3 Å². The number of carbonyl (C=O) groups excluding carboxylic acids is 3. The van der Waals surface area contributed by atoms with Gasteiger partial charge in [-0.05, 0) is 90.5 Å². The van der Waals surface area contributed by atoms with Crippen molar-refractivity contribution in [2.24, 2.45) is 11.8 Å². The summed E-state index contributed by atoms with van der Waals surface area (Å²) in [6, 6.07) is 0. The van der Waals surface area contributed by atoms with Crippen LogP contribution in [0.25, 0.3) is 0 Å². The Morgan fingerprint density at radius 3 is 2.17 bits per heavy atom. The Hall–Kier alpha value is -3.89. The highest BCUT2D eigenvalue weighted by molar-refractivity contribution is 6.39. The first kappa shape index (κ1) is 60.7. The fourth-order valence-electron chi connectivity index (χ4n) is 8.48. The molecule has 20 heteroatoms. The zero-order chi connectivity index (χ0) is 54.1. The van der Waals surface area contributed by atoms with E-state index in [1.54, 1.807) is 53.7 Å². The summed E-state index contributed by atoms with van der Waals surface area (Å²) in [6.07, 6.45) is -5.60. The summed E-state index contributed by atoms with van der Waals surface area (Å²) in [6.45, 7) is 17.9. The Labute approximate surface area is 431 Å². The number of methoxy groups -OCH3 is 1. The van der Waals surface area contributed by atoms with Gasteiger partial charge in [0.1, 0.15) is 41.1 Å². The minimum atomic E-state index is -1.55. The average Bonchev–Trinajstić information content (AvgIpc) is 3.32. The summed E-state index contributed by atoms with van der Waals surface area (Å²) in [5.41, 5.74) is 0.204. The minimum absolute atomic E-state index is 0.0402. The number of cyclic esters (lactones) is 1. The Bertz CT molecular complexity index is 2220. The van der Waals surface area contributed by atoms with E-state index in [1.165, 1.54) is 33.1 Å². The third kappa shape index (κ3) is 14.7. The number of hydrogen-bond donors (Lipinski definition) is 7. The number of ether oxygens (including phenoxy) is 8. The van der Waals surface area contributed by atoms with Crippen molar-refractivity contribution >= 4 is 41.1 Å². The number of halogens is 2. The molecule has 18 nitrogen and oxygen atoms in total. The van der Waals surface area contributed by atoms with Crippen LogP contribution in [0.1, 0.15) is 111 Å². The van der Waals surface area contributed by atoms with Crippen molar-refractivity contribution in [1.29, 1.82) is 0 Å². The maximum Gasteiger partial charge on any atom is 0.342 e. The van der Waals surface area contributed by atoms with Crippen molar-refractivity contribution in [3.63, 3.8) is 0 Å². The van der Waals surface area contributed by atoms with Gasteiger partial charge in [0.25, 0.3) is 0 Å². The van der Waals surface area contributed by atoms with Gasteiger partial charge in [0, 0.05) is 19.4 Å². The zero-order valence-corrected chi connectivity index (χ0v) is 44.5. The highest BCUT2D eigenvalue weighted by Gasteiger charge is 2.53. The van der Waals surface area contributed by atoms with Crippen LogP contribution in [-0.2, 0) is 53.9 Å². The van der Waals surface area contributed by atoms with Crippen molar-refractivity contribution < 1.29 is 88.0 Å². The molecular weight excluding hydrogens is 983 g/mol. The Morgan fingerprint density at radius 2 is 1.57 bits per heavy atom. The molecular formula is C52H74Cl2O18. The van der Waals surface area contributed by atoms with E-state index in [0.29, 0.717) is 23.1 Å². The van der Waals surface area contributed by atoms with Crippen LogP contribution in [-0.4, -0.2) is 153 Å². The fraction of sp³-hybridized carbons (Fsp3) is 0.635. The average molecular weight is 1060 g/mol. The Balaban J connectivity index is 1.68. The van der Waals surface area contributed by atoms with E-state index in [9.17, 15) is 50.1 Å². The number of allylic oxidation sites excluding steroid dienone is 4. The second kappa shape index (κ2) is 26.5. The highest BCUT2D eigenvalue weighted by atomic mass is 35.5. The monoisotopic (exact) mass is 1060 g/mol. The van der Waals surface area contributed by atoms with Gasteiger partial charge in [-0.25, -0.2) is 9.59 Å². The van der Waals surface area contributed by atoms with Crippen LogP contribution in [0.15, 0.2) is 58.7 Å². The molecule has 0 unspecified atom stereocenters. The van der Waals surface area contributed by atoms with Crippen LogP contribution in [0.3, 0.4) is 0 Å². The number of esters is 3. The molecule has 3 heterocycles. The van der Waals surface area contributed by atoms with Crippen LogP contribution in [0.4, 0.5) is 0 Å². The molecule has 3 aliphatic heterocycles. The molecule has 404 valence electrons. The van der Waals surface area contributed by atoms with Gasteiger partial charge in [-0.1, -0.05) is 86.9 Å². The van der Waals surface area contributed by atoms with Gasteiger partial charge in [-0.2, -0.15) is 0 Å². The molecule has 2 saturated heterocycles. The van der Waals surface area contributed by atoms with Crippen LogP contribution >= 0.6 is 23.2 Å². The molecule has 0 saturated carbocycles. The van der Waals surface area contributed by atoms with E-state index in [1.807, 2.05) is 32.9 Å². The molecule has 7 N–H and O–H groups in total. The predicted molar refractivity (Wildman–Crippen MR) is 265 cm³/mol. The number of aliphatic hydroxyl groups is 5. The van der Waals surface area contributed by atoms with Gasteiger partial charge in [-0.15, -0.1) is 0 Å². The molecule has 1 aromatic rings. The molecule has 1 aromatic carbocycles. The third-order valence-electron chi connectivity index (χ3n) is 13.0. The Morgan fingerprint density at radius 1 is 0.903 bits per heavy atom. The smallest absolute Gasteiger partial charge is 0.342 e. The molecule has 3 aliphatic rings.